The number of hydrogen-bond acceptors (Lipinski definition) is 2. The third kappa shape index (κ3) is 3.75. The maximum Gasteiger partial charge on any atom is 0.250 e. The van der Waals surface area contributed by atoms with Crippen molar-refractivity contribution in [2.75, 3.05) is 5.32 Å². The maximum absolute atomic E-state index is 11.7. The average Bonchev–Trinajstić information content (AvgIpc) is 2.42. The number of nitrogens with zero attached hydrogens (tertiary/aromatic N) is 1. The molecule has 0 radical (unpaired) electrons. The smallest absolute Gasteiger partial charge is 0.250 e. The lowest BCUT2D eigenvalue weighted by molar-refractivity contribution is 0.654. The zero-order chi connectivity index (χ0) is 15.4. The van der Waals surface area contributed by atoms with Gasteiger partial charge in [0.05, 0.1) is 5.69 Å². The van der Waals surface area contributed by atoms with E-state index in [0.29, 0.717) is 0 Å². The Bertz CT molecular complexity index is 673. The van der Waals surface area contributed by atoms with E-state index < -0.39 is 0 Å². The molecule has 0 bridgehead atoms. The molecule has 3 heteroatoms. The van der Waals surface area contributed by atoms with Gasteiger partial charge in [-0.2, -0.15) is 0 Å². The summed E-state index contributed by atoms with van der Waals surface area (Å²) in [5.41, 5.74) is 4.89. The van der Waals surface area contributed by atoms with Gasteiger partial charge in [-0.3, -0.25) is 4.79 Å². The van der Waals surface area contributed by atoms with Crippen molar-refractivity contribution in [3.63, 3.8) is 0 Å². The van der Waals surface area contributed by atoms with Crippen molar-refractivity contribution in [2.45, 2.75) is 46.7 Å². The largest absolute Gasteiger partial charge is 0.377 e. The molecule has 1 N–H and O–H groups in total. The van der Waals surface area contributed by atoms with Gasteiger partial charge in [-0.15, -0.1) is 0 Å². The van der Waals surface area contributed by atoms with Gasteiger partial charge >= 0.3 is 0 Å². The zero-order valence-corrected chi connectivity index (χ0v) is 13.3. The van der Waals surface area contributed by atoms with Crippen LogP contribution in [0.1, 0.15) is 43.0 Å². The molecule has 1 atom stereocenters. The van der Waals surface area contributed by atoms with Crippen molar-refractivity contribution in [2.24, 2.45) is 0 Å². The summed E-state index contributed by atoms with van der Waals surface area (Å²) >= 11 is 0. The van der Waals surface area contributed by atoms with Crippen LogP contribution in [-0.4, -0.2) is 4.57 Å². The molecule has 0 saturated heterocycles. The van der Waals surface area contributed by atoms with Gasteiger partial charge < -0.3 is 9.88 Å². The Morgan fingerprint density at radius 1 is 1.19 bits per heavy atom. The van der Waals surface area contributed by atoms with Crippen LogP contribution in [0.15, 0.2) is 41.3 Å². The molecule has 1 unspecified atom stereocenters. The minimum absolute atomic E-state index is 0.0570. The molecule has 0 aliphatic rings. The molecule has 0 fully saturated rings. The van der Waals surface area contributed by atoms with Gasteiger partial charge in [-0.05, 0) is 44.4 Å². The lowest BCUT2D eigenvalue weighted by atomic mass is 10.0. The predicted molar refractivity (Wildman–Crippen MR) is 88.9 cm³/mol. The molecule has 3 nitrogen and oxygen atoms in total. The van der Waals surface area contributed by atoms with Crippen LogP contribution in [0.2, 0.25) is 0 Å². The fraction of sp³-hybridized carbons (Fsp3) is 0.389. The van der Waals surface area contributed by atoms with Gasteiger partial charge in [0, 0.05) is 24.8 Å². The predicted octanol–water partition coefficient (Wildman–Crippen LogP) is 4.05. The van der Waals surface area contributed by atoms with Crippen LogP contribution in [0, 0.1) is 13.8 Å². The van der Waals surface area contributed by atoms with Gasteiger partial charge in [0.15, 0.2) is 0 Å². The average molecular weight is 284 g/mol. The fourth-order valence-electron chi connectivity index (χ4n) is 2.67. The molecule has 0 saturated carbocycles. The minimum atomic E-state index is 0.0570. The number of benzene rings is 1. The molecule has 112 valence electrons. The highest BCUT2D eigenvalue weighted by Crippen LogP contribution is 2.22. The second kappa shape index (κ2) is 6.61. The number of hydrogen-bond donors (Lipinski definition) is 1. The van der Waals surface area contributed by atoms with Crippen molar-refractivity contribution in [1.29, 1.82) is 0 Å². The molecular formula is C18H24N2O. The van der Waals surface area contributed by atoms with E-state index in [1.807, 2.05) is 12.3 Å². The van der Waals surface area contributed by atoms with Crippen molar-refractivity contribution in [3.8, 4) is 0 Å². The second-order valence-corrected chi connectivity index (χ2v) is 5.68. The Hall–Kier alpha value is -2.03. The zero-order valence-electron chi connectivity index (χ0n) is 13.3. The maximum atomic E-state index is 11.7. The van der Waals surface area contributed by atoms with E-state index in [1.54, 1.807) is 10.6 Å². The molecule has 1 heterocycles. The van der Waals surface area contributed by atoms with Crippen LogP contribution in [0.25, 0.3) is 0 Å². The first kappa shape index (κ1) is 15.4. The lowest BCUT2D eigenvalue weighted by Gasteiger charge is -2.19. The Kier molecular flexibility index (Phi) is 4.84. The van der Waals surface area contributed by atoms with E-state index in [4.69, 9.17) is 0 Å². The Labute approximate surface area is 126 Å². The lowest BCUT2D eigenvalue weighted by Crippen LogP contribution is -2.19. The van der Waals surface area contributed by atoms with Gasteiger partial charge in [0.2, 0.25) is 0 Å². The van der Waals surface area contributed by atoms with Crippen LogP contribution in [-0.2, 0) is 6.54 Å². The Morgan fingerprint density at radius 3 is 2.62 bits per heavy atom. The SMILES string of the molecule is CCCn1cc(NC(C)c2ccc(C)cc2C)ccc1=O. The molecule has 1 aromatic carbocycles. The third-order valence-corrected chi connectivity index (χ3v) is 3.72. The highest BCUT2D eigenvalue weighted by Gasteiger charge is 2.09. The summed E-state index contributed by atoms with van der Waals surface area (Å²) in [7, 11) is 0. The molecule has 0 aliphatic carbocycles. The number of pyridine rings is 1. The van der Waals surface area contributed by atoms with Crippen molar-refractivity contribution in [3.05, 3.63) is 63.6 Å². The summed E-state index contributed by atoms with van der Waals surface area (Å²) in [5.74, 6) is 0. The van der Waals surface area contributed by atoms with E-state index in [0.717, 1.165) is 18.7 Å². The monoisotopic (exact) mass is 284 g/mol. The highest BCUT2D eigenvalue weighted by molar-refractivity contribution is 5.45. The van der Waals surface area contributed by atoms with E-state index in [2.05, 4.69) is 51.2 Å². The van der Waals surface area contributed by atoms with Crippen LogP contribution in [0.5, 0.6) is 0 Å². The summed E-state index contributed by atoms with van der Waals surface area (Å²) in [6.07, 6.45) is 2.86. The van der Waals surface area contributed by atoms with Gasteiger partial charge in [0.25, 0.3) is 5.56 Å². The minimum Gasteiger partial charge on any atom is -0.377 e. The molecule has 21 heavy (non-hydrogen) atoms. The highest BCUT2D eigenvalue weighted by atomic mass is 16.1. The molecule has 2 rings (SSSR count). The topological polar surface area (TPSA) is 34.0 Å². The van der Waals surface area contributed by atoms with Crippen LogP contribution in [0.3, 0.4) is 0 Å². The van der Waals surface area contributed by atoms with Gasteiger partial charge in [0.1, 0.15) is 0 Å². The molecular weight excluding hydrogens is 260 g/mol. The molecule has 0 aliphatic heterocycles. The summed E-state index contributed by atoms with van der Waals surface area (Å²) in [6, 6.07) is 10.2. The number of aryl methyl sites for hydroxylation is 3. The fourth-order valence-corrected chi connectivity index (χ4v) is 2.67. The first-order valence-corrected chi connectivity index (χ1v) is 7.55. The standard InChI is InChI=1S/C18H24N2O/c1-5-10-20-12-16(7-9-18(20)21)19-15(4)17-8-6-13(2)11-14(17)3/h6-9,11-12,15,19H,5,10H2,1-4H3. The summed E-state index contributed by atoms with van der Waals surface area (Å²) < 4.78 is 1.76. The van der Waals surface area contributed by atoms with Gasteiger partial charge in [-0.25, -0.2) is 0 Å². The Balaban J connectivity index is 2.21. The Morgan fingerprint density at radius 2 is 1.95 bits per heavy atom. The first-order valence-electron chi connectivity index (χ1n) is 7.55. The van der Waals surface area contributed by atoms with Crippen molar-refractivity contribution >= 4 is 5.69 Å². The molecule has 0 spiro atoms. The first-order chi connectivity index (χ1) is 10.0. The van der Waals surface area contributed by atoms with Crippen LogP contribution >= 0.6 is 0 Å². The summed E-state index contributed by atoms with van der Waals surface area (Å²) in [4.78, 5) is 11.7. The van der Waals surface area contributed by atoms with E-state index in [1.165, 1.54) is 16.7 Å². The summed E-state index contributed by atoms with van der Waals surface area (Å²) in [6.45, 7) is 9.22. The normalized spacial score (nSPS) is 12.2. The van der Waals surface area contributed by atoms with E-state index in [9.17, 15) is 4.79 Å². The quantitative estimate of drug-likeness (QED) is 0.898. The molecule has 1 aromatic heterocycles. The van der Waals surface area contributed by atoms with Crippen molar-refractivity contribution in [1.82, 2.24) is 4.57 Å². The van der Waals surface area contributed by atoms with Gasteiger partial charge in [-0.1, -0.05) is 30.7 Å². The number of rotatable bonds is 5. The van der Waals surface area contributed by atoms with Crippen molar-refractivity contribution < 1.29 is 0 Å². The number of aromatic nitrogens is 1. The van der Waals surface area contributed by atoms with Crippen LogP contribution in [0.4, 0.5) is 5.69 Å². The van der Waals surface area contributed by atoms with E-state index >= 15 is 0 Å². The number of anilines is 1. The molecule has 0 amide bonds. The molecule has 2 aromatic rings. The number of nitrogens with one attached hydrogen (secondary N) is 1. The second-order valence-electron chi connectivity index (χ2n) is 5.68. The van der Waals surface area contributed by atoms with Crippen LogP contribution < -0.4 is 10.9 Å². The van der Waals surface area contributed by atoms with E-state index in [-0.39, 0.29) is 11.6 Å². The third-order valence-electron chi connectivity index (χ3n) is 3.72. The summed E-state index contributed by atoms with van der Waals surface area (Å²) in [5, 5.41) is 3.48.